The molecular formula is C14H26. The first-order valence-electron chi connectivity index (χ1n) is 6.70. The summed E-state index contributed by atoms with van der Waals surface area (Å²) in [6, 6.07) is 0. The molecule has 0 radical (unpaired) electrons. The third-order valence-corrected chi connectivity index (χ3v) is 4.91. The quantitative estimate of drug-likeness (QED) is 0.520. The Labute approximate surface area is 89.5 Å². The Bertz CT molecular complexity index is 169. The fraction of sp³-hybridized carbons (Fsp3) is 1.00. The first kappa shape index (κ1) is 10.5. The second kappa shape index (κ2) is 4.24. The fourth-order valence-electron chi connectivity index (χ4n) is 3.52. The summed E-state index contributed by atoms with van der Waals surface area (Å²) in [5.74, 6) is 2.02. The average Bonchev–Trinajstić information content (AvgIpc) is 2.36. The van der Waals surface area contributed by atoms with Crippen LogP contribution in [0.2, 0.25) is 0 Å². The summed E-state index contributed by atoms with van der Waals surface area (Å²) >= 11 is 0. The molecular weight excluding hydrogens is 168 g/mol. The monoisotopic (exact) mass is 194 g/mol. The van der Waals surface area contributed by atoms with Gasteiger partial charge in [-0.15, -0.1) is 0 Å². The SMILES string of the molecule is CC1CCCC2(CC1)CCC(C)CC2. The predicted molar refractivity (Wildman–Crippen MR) is 62.3 cm³/mol. The third-order valence-electron chi connectivity index (χ3n) is 4.91. The van der Waals surface area contributed by atoms with Gasteiger partial charge in [-0.3, -0.25) is 0 Å². The first-order chi connectivity index (χ1) is 6.70. The van der Waals surface area contributed by atoms with Gasteiger partial charge in [-0.1, -0.05) is 46.0 Å². The molecule has 1 atom stereocenters. The lowest BCUT2D eigenvalue weighted by Crippen LogP contribution is -2.26. The molecule has 1 unspecified atom stereocenters. The van der Waals surface area contributed by atoms with Gasteiger partial charge in [-0.25, -0.2) is 0 Å². The third kappa shape index (κ3) is 2.32. The fourth-order valence-corrected chi connectivity index (χ4v) is 3.52. The zero-order valence-corrected chi connectivity index (χ0v) is 10.0. The van der Waals surface area contributed by atoms with Crippen LogP contribution in [-0.2, 0) is 0 Å². The number of rotatable bonds is 0. The van der Waals surface area contributed by atoms with Crippen molar-refractivity contribution in [2.24, 2.45) is 17.3 Å². The summed E-state index contributed by atoms with van der Waals surface area (Å²) in [6.45, 7) is 4.89. The van der Waals surface area contributed by atoms with Crippen molar-refractivity contribution in [3.05, 3.63) is 0 Å². The van der Waals surface area contributed by atoms with Crippen molar-refractivity contribution in [2.45, 2.75) is 71.6 Å². The van der Waals surface area contributed by atoms with E-state index in [0.717, 1.165) is 17.3 Å². The molecule has 0 amide bonds. The first-order valence-corrected chi connectivity index (χ1v) is 6.70. The average molecular weight is 194 g/mol. The maximum absolute atomic E-state index is 2.45. The van der Waals surface area contributed by atoms with Crippen molar-refractivity contribution >= 4 is 0 Å². The summed E-state index contributed by atoms with van der Waals surface area (Å²) in [7, 11) is 0. The van der Waals surface area contributed by atoms with Gasteiger partial charge in [0.1, 0.15) is 0 Å². The van der Waals surface area contributed by atoms with E-state index in [0.29, 0.717) is 0 Å². The summed E-state index contributed by atoms with van der Waals surface area (Å²) in [4.78, 5) is 0. The van der Waals surface area contributed by atoms with E-state index < -0.39 is 0 Å². The largest absolute Gasteiger partial charge is 0.0625 e. The van der Waals surface area contributed by atoms with Crippen LogP contribution >= 0.6 is 0 Å². The minimum atomic E-state index is 0.803. The van der Waals surface area contributed by atoms with Gasteiger partial charge >= 0.3 is 0 Å². The molecule has 0 aromatic carbocycles. The van der Waals surface area contributed by atoms with Crippen molar-refractivity contribution in [1.82, 2.24) is 0 Å². The number of hydrogen-bond acceptors (Lipinski definition) is 0. The van der Waals surface area contributed by atoms with Crippen molar-refractivity contribution in [3.8, 4) is 0 Å². The van der Waals surface area contributed by atoms with Crippen LogP contribution < -0.4 is 0 Å². The van der Waals surface area contributed by atoms with E-state index in [4.69, 9.17) is 0 Å². The Morgan fingerprint density at radius 3 is 1.79 bits per heavy atom. The van der Waals surface area contributed by atoms with Crippen LogP contribution in [0.5, 0.6) is 0 Å². The van der Waals surface area contributed by atoms with Gasteiger partial charge in [-0.05, 0) is 42.9 Å². The molecule has 0 aliphatic heterocycles. The molecule has 0 aromatic heterocycles. The van der Waals surface area contributed by atoms with E-state index in [1.807, 2.05) is 0 Å². The second-order valence-electron chi connectivity index (χ2n) is 6.22. The predicted octanol–water partition coefficient (Wildman–Crippen LogP) is 4.78. The molecule has 0 saturated heterocycles. The van der Waals surface area contributed by atoms with Crippen molar-refractivity contribution < 1.29 is 0 Å². The van der Waals surface area contributed by atoms with Crippen molar-refractivity contribution in [3.63, 3.8) is 0 Å². The number of hydrogen-bond donors (Lipinski definition) is 0. The molecule has 0 heterocycles. The van der Waals surface area contributed by atoms with Crippen LogP contribution in [-0.4, -0.2) is 0 Å². The standard InChI is InChI=1S/C14H26/c1-12-4-3-8-14(9-5-12)10-6-13(2)7-11-14/h12-13H,3-11H2,1-2H3. The van der Waals surface area contributed by atoms with Crippen molar-refractivity contribution in [2.75, 3.05) is 0 Å². The van der Waals surface area contributed by atoms with Gasteiger partial charge in [0, 0.05) is 0 Å². The summed E-state index contributed by atoms with van der Waals surface area (Å²) in [6.07, 6.45) is 13.7. The molecule has 0 N–H and O–H groups in total. The smallest absolute Gasteiger partial charge is 0.0297 e. The molecule has 2 aliphatic carbocycles. The zero-order valence-electron chi connectivity index (χ0n) is 10.0. The molecule has 14 heavy (non-hydrogen) atoms. The normalized spacial score (nSPS) is 45.0. The van der Waals surface area contributed by atoms with Crippen LogP contribution in [0.25, 0.3) is 0 Å². The van der Waals surface area contributed by atoms with Gasteiger partial charge in [-0.2, -0.15) is 0 Å². The highest BCUT2D eigenvalue weighted by Crippen LogP contribution is 2.48. The van der Waals surface area contributed by atoms with E-state index in [-0.39, 0.29) is 0 Å². The Morgan fingerprint density at radius 1 is 0.714 bits per heavy atom. The molecule has 0 heteroatoms. The maximum atomic E-state index is 2.45. The van der Waals surface area contributed by atoms with Gasteiger partial charge < -0.3 is 0 Å². The Balaban J connectivity index is 1.94. The minimum Gasteiger partial charge on any atom is -0.0625 e. The van der Waals surface area contributed by atoms with Gasteiger partial charge in [0.05, 0.1) is 0 Å². The van der Waals surface area contributed by atoms with E-state index >= 15 is 0 Å². The molecule has 82 valence electrons. The van der Waals surface area contributed by atoms with E-state index in [2.05, 4.69) is 13.8 Å². The Kier molecular flexibility index (Phi) is 3.19. The van der Waals surface area contributed by atoms with Gasteiger partial charge in [0.25, 0.3) is 0 Å². The Hall–Kier alpha value is 0. The highest BCUT2D eigenvalue weighted by molar-refractivity contribution is 4.87. The van der Waals surface area contributed by atoms with Crippen LogP contribution in [0.3, 0.4) is 0 Å². The van der Waals surface area contributed by atoms with E-state index in [1.54, 1.807) is 25.7 Å². The van der Waals surface area contributed by atoms with Crippen LogP contribution in [0.1, 0.15) is 71.6 Å². The molecule has 2 aliphatic rings. The van der Waals surface area contributed by atoms with E-state index in [9.17, 15) is 0 Å². The second-order valence-corrected chi connectivity index (χ2v) is 6.22. The summed E-state index contributed by atoms with van der Waals surface area (Å²) in [5, 5.41) is 0. The molecule has 2 fully saturated rings. The lowest BCUT2D eigenvalue weighted by molar-refractivity contribution is 0.131. The topological polar surface area (TPSA) is 0 Å². The van der Waals surface area contributed by atoms with Crippen LogP contribution in [0, 0.1) is 17.3 Å². The highest BCUT2D eigenvalue weighted by atomic mass is 14.4. The van der Waals surface area contributed by atoms with Crippen LogP contribution in [0.15, 0.2) is 0 Å². The summed E-state index contributed by atoms with van der Waals surface area (Å²) in [5.41, 5.74) is 0.803. The lowest BCUT2D eigenvalue weighted by atomic mass is 9.67. The summed E-state index contributed by atoms with van der Waals surface area (Å²) < 4.78 is 0. The molecule has 0 aromatic rings. The molecule has 0 bridgehead atoms. The highest BCUT2D eigenvalue weighted by Gasteiger charge is 2.35. The maximum Gasteiger partial charge on any atom is -0.0297 e. The molecule has 1 spiro atoms. The Morgan fingerprint density at radius 2 is 1.21 bits per heavy atom. The van der Waals surface area contributed by atoms with Crippen molar-refractivity contribution in [1.29, 1.82) is 0 Å². The minimum absolute atomic E-state index is 0.803. The molecule has 2 rings (SSSR count). The molecule has 0 nitrogen and oxygen atoms in total. The lowest BCUT2D eigenvalue weighted by Gasteiger charge is -2.39. The van der Waals surface area contributed by atoms with E-state index in [1.165, 1.54) is 32.1 Å². The van der Waals surface area contributed by atoms with Gasteiger partial charge in [0.2, 0.25) is 0 Å². The van der Waals surface area contributed by atoms with Crippen LogP contribution in [0.4, 0.5) is 0 Å². The molecule has 2 saturated carbocycles. The zero-order chi connectivity index (χ0) is 10.0. The van der Waals surface area contributed by atoms with Gasteiger partial charge in [0.15, 0.2) is 0 Å².